The van der Waals surface area contributed by atoms with Gasteiger partial charge in [-0.15, -0.1) is 0 Å². The normalized spacial score (nSPS) is 11.0. The van der Waals surface area contributed by atoms with Crippen molar-refractivity contribution in [1.29, 1.82) is 0 Å². The Balaban J connectivity index is 1.45. The van der Waals surface area contributed by atoms with Crippen LogP contribution >= 0.6 is 0 Å². The van der Waals surface area contributed by atoms with Crippen molar-refractivity contribution in [2.75, 3.05) is 0 Å². The Morgan fingerprint density at radius 2 is 2.23 bits per heavy atom. The number of carbonyl (C=O) groups excluding carboxylic acids is 1. The first kappa shape index (κ1) is 14.4. The van der Waals surface area contributed by atoms with Gasteiger partial charge in [0.15, 0.2) is 0 Å². The number of ether oxygens (including phenoxy) is 1. The molecule has 3 rings (SSSR count). The zero-order valence-electron chi connectivity index (χ0n) is 12.5. The summed E-state index contributed by atoms with van der Waals surface area (Å²) in [6.45, 7) is 1.97. The SMILES string of the molecule is Cc1cc(COC(=O)CCCc2c[nH]c3ccccc23)no1. The van der Waals surface area contributed by atoms with Gasteiger partial charge in [0.2, 0.25) is 0 Å². The van der Waals surface area contributed by atoms with E-state index in [-0.39, 0.29) is 12.6 Å². The number of aromatic amines is 1. The molecule has 0 amide bonds. The lowest BCUT2D eigenvalue weighted by atomic mass is 10.1. The Bertz CT molecular complexity index is 773. The Hall–Kier alpha value is -2.56. The molecule has 0 bridgehead atoms. The summed E-state index contributed by atoms with van der Waals surface area (Å²) in [5.74, 6) is 0.505. The number of hydrogen-bond donors (Lipinski definition) is 1. The van der Waals surface area contributed by atoms with E-state index in [1.807, 2.05) is 24.4 Å². The third-order valence-corrected chi connectivity index (χ3v) is 3.56. The Morgan fingerprint density at radius 3 is 3.05 bits per heavy atom. The molecule has 0 spiro atoms. The maximum atomic E-state index is 11.7. The van der Waals surface area contributed by atoms with Crippen LogP contribution in [0.2, 0.25) is 0 Å². The molecule has 0 radical (unpaired) electrons. The second kappa shape index (κ2) is 6.47. The number of carbonyl (C=O) groups is 1. The molecule has 0 saturated carbocycles. The molecule has 2 aromatic heterocycles. The number of rotatable bonds is 6. The van der Waals surface area contributed by atoms with Gasteiger partial charge in [0.05, 0.1) is 0 Å². The standard InChI is InChI=1S/C17H18N2O3/c1-12-9-14(19-22-12)11-21-17(20)8-4-5-13-10-18-16-7-3-2-6-15(13)16/h2-3,6-7,9-10,18H,4-5,8,11H2,1H3. The van der Waals surface area contributed by atoms with Gasteiger partial charge in [-0.3, -0.25) is 4.79 Å². The van der Waals surface area contributed by atoms with E-state index < -0.39 is 0 Å². The fraction of sp³-hybridized carbons (Fsp3) is 0.294. The van der Waals surface area contributed by atoms with Gasteiger partial charge in [-0.25, -0.2) is 0 Å². The van der Waals surface area contributed by atoms with E-state index in [1.165, 1.54) is 10.9 Å². The molecule has 0 atom stereocenters. The quantitative estimate of drug-likeness (QED) is 0.707. The maximum Gasteiger partial charge on any atom is 0.306 e. The second-order valence-corrected chi connectivity index (χ2v) is 5.30. The van der Waals surface area contributed by atoms with Crippen molar-refractivity contribution < 1.29 is 14.1 Å². The lowest BCUT2D eigenvalue weighted by molar-refractivity contribution is -0.145. The fourth-order valence-electron chi connectivity index (χ4n) is 2.47. The third kappa shape index (κ3) is 3.36. The Morgan fingerprint density at radius 1 is 1.36 bits per heavy atom. The maximum absolute atomic E-state index is 11.7. The van der Waals surface area contributed by atoms with E-state index >= 15 is 0 Å². The zero-order chi connectivity index (χ0) is 15.4. The largest absolute Gasteiger partial charge is 0.459 e. The van der Waals surface area contributed by atoms with Crippen LogP contribution in [0.1, 0.15) is 29.9 Å². The topological polar surface area (TPSA) is 68.1 Å². The first-order valence-electron chi connectivity index (χ1n) is 7.35. The molecule has 5 heteroatoms. The molecule has 0 aliphatic carbocycles. The average molecular weight is 298 g/mol. The number of nitrogens with zero attached hydrogens (tertiary/aromatic N) is 1. The van der Waals surface area contributed by atoms with Crippen molar-refractivity contribution in [3.05, 3.63) is 53.5 Å². The van der Waals surface area contributed by atoms with Crippen LogP contribution in [-0.2, 0) is 22.6 Å². The number of aryl methyl sites for hydroxylation is 2. The summed E-state index contributed by atoms with van der Waals surface area (Å²) in [6, 6.07) is 9.93. The number of fused-ring (bicyclic) bond motifs is 1. The van der Waals surface area contributed by atoms with Crippen molar-refractivity contribution in [3.8, 4) is 0 Å². The van der Waals surface area contributed by atoms with Crippen LogP contribution in [0.4, 0.5) is 0 Å². The van der Waals surface area contributed by atoms with Crippen LogP contribution in [0, 0.1) is 6.92 Å². The molecular formula is C17H18N2O3. The van der Waals surface area contributed by atoms with Crippen LogP contribution in [-0.4, -0.2) is 16.1 Å². The molecule has 0 saturated heterocycles. The van der Waals surface area contributed by atoms with Gasteiger partial charge >= 0.3 is 5.97 Å². The summed E-state index contributed by atoms with van der Waals surface area (Å²) in [7, 11) is 0. The fourth-order valence-corrected chi connectivity index (χ4v) is 2.47. The van der Waals surface area contributed by atoms with Crippen molar-refractivity contribution in [2.24, 2.45) is 0 Å². The summed E-state index contributed by atoms with van der Waals surface area (Å²) in [6.07, 6.45) is 4.02. The molecule has 0 fully saturated rings. The molecule has 0 aliphatic rings. The van der Waals surface area contributed by atoms with Crippen molar-refractivity contribution in [2.45, 2.75) is 32.8 Å². The van der Waals surface area contributed by atoms with Crippen LogP contribution in [0.15, 0.2) is 41.1 Å². The summed E-state index contributed by atoms with van der Waals surface area (Å²) in [5.41, 5.74) is 3.00. The van der Waals surface area contributed by atoms with Crippen molar-refractivity contribution >= 4 is 16.9 Å². The monoisotopic (exact) mass is 298 g/mol. The molecule has 1 N–H and O–H groups in total. The van der Waals surface area contributed by atoms with Gasteiger partial charge in [-0.1, -0.05) is 23.4 Å². The number of benzene rings is 1. The zero-order valence-corrected chi connectivity index (χ0v) is 12.5. The molecular weight excluding hydrogens is 280 g/mol. The first-order valence-corrected chi connectivity index (χ1v) is 7.35. The van der Waals surface area contributed by atoms with Gasteiger partial charge < -0.3 is 14.2 Å². The lowest BCUT2D eigenvalue weighted by Crippen LogP contribution is -2.05. The highest BCUT2D eigenvalue weighted by molar-refractivity contribution is 5.83. The number of aromatic nitrogens is 2. The van der Waals surface area contributed by atoms with Gasteiger partial charge in [0.1, 0.15) is 18.1 Å². The number of H-pyrrole nitrogens is 1. The van der Waals surface area contributed by atoms with Crippen LogP contribution in [0.3, 0.4) is 0 Å². The molecule has 0 aliphatic heterocycles. The van der Waals surface area contributed by atoms with E-state index in [1.54, 1.807) is 13.0 Å². The highest BCUT2D eigenvalue weighted by Crippen LogP contribution is 2.19. The predicted molar refractivity (Wildman–Crippen MR) is 82.3 cm³/mol. The van der Waals surface area contributed by atoms with Gasteiger partial charge in [-0.05, 0) is 31.4 Å². The smallest absolute Gasteiger partial charge is 0.306 e. The van der Waals surface area contributed by atoms with Crippen LogP contribution in [0.25, 0.3) is 10.9 Å². The minimum Gasteiger partial charge on any atom is -0.459 e. The van der Waals surface area contributed by atoms with E-state index in [0.29, 0.717) is 17.9 Å². The van der Waals surface area contributed by atoms with Crippen LogP contribution in [0.5, 0.6) is 0 Å². The molecule has 2 heterocycles. The van der Waals surface area contributed by atoms with Crippen molar-refractivity contribution in [1.82, 2.24) is 10.1 Å². The van der Waals surface area contributed by atoms with E-state index in [2.05, 4.69) is 16.2 Å². The van der Waals surface area contributed by atoms with Gasteiger partial charge in [0, 0.05) is 29.6 Å². The second-order valence-electron chi connectivity index (χ2n) is 5.30. The van der Waals surface area contributed by atoms with Crippen LogP contribution < -0.4 is 0 Å². The Labute approximate surface area is 128 Å². The molecule has 5 nitrogen and oxygen atoms in total. The minimum absolute atomic E-state index is 0.170. The number of esters is 1. The minimum atomic E-state index is -0.208. The highest BCUT2D eigenvalue weighted by Gasteiger charge is 2.08. The summed E-state index contributed by atoms with van der Waals surface area (Å²) >= 11 is 0. The molecule has 1 aromatic carbocycles. The molecule has 22 heavy (non-hydrogen) atoms. The van der Waals surface area contributed by atoms with E-state index in [4.69, 9.17) is 9.26 Å². The van der Waals surface area contributed by atoms with Crippen molar-refractivity contribution in [3.63, 3.8) is 0 Å². The van der Waals surface area contributed by atoms with Gasteiger partial charge in [-0.2, -0.15) is 0 Å². The Kier molecular flexibility index (Phi) is 4.23. The summed E-state index contributed by atoms with van der Waals surface area (Å²) in [4.78, 5) is 15.0. The molecule has 114 valence electrons. The average Bonchev–Trinajstić information content (AvgIpc) is 3.12. The predicted octanol–water partition coefficient (Wildman–Crippen LogP) is 3.53. The van der Waals surface area contributed by atoms with Gasteiger partial charge in [0.25, 0.3) is 0 Å². The third-order valence-electron chi connectivity index (χ3n) is 3.56. The molecule has 0 unspecified atom stereocenters. The first-order chi connectivity index (χ1) is 10.7. The summed E-state index contributed by atoms with van der Waals surface area (Å²) < 4.78 is 10.1. The number of hydrogen-bond acceptors (Lipinski definition) is 4. The molecule has 3 aromatic rings. The highest BCUT2D eigenvalue weighted by atomic mass is 16.5. The van der Waals surface area contributed by atoms with E-state index in [0.717, 1.165) is 18.4 Å². The lowest BCUT2D eigenvalue weighted by Gasteiger charge is -2.02. The van der Waals surface area contributed by atoms with E-state index in [9.17, 15) is 4.79 Å². The summed E-state index contributed by atoms with van der Waals surface area (Å²) in [5, 5.41) is 5.00. The number of nitrogens with one attached hydrogen (secondary N) is 1. The number of para-hydroxylation sites is 1.